The summed E-state index contributed by atoms with van der Waals surface area (Å²) in [5, 5.41) is 2.98. The van der Waals surface area contributed by atoms with E-state index in [1.54, 1.807) is 48.5 Å². The van der Waals surface area contributed by atoms with Crippen molar-refractivity contribution in [2.75, 3.05) is 16.8 Å². The fourth-order valence-corrected chi connectivity index (χ4v) is 4.59. The molecule has 1 atom stereocenters. The third-order valence-corrected chi connectivity index (χ3v) is 6.55. The molecule has 8 heteroatoms. The van der Waals surface area contributed by atoms with Gasteiger partial charge >= 0.3 is 0 Å². The number of hydrogen-bond acceptors (Lipinski definition) is 4. The number of imide groups is 1. The van der Waals surface area contributed by atoms with Gasteiger partial charge in [0.25, 0.3) is 17.7 Å². The summed E-state index contributed by atoms with van der Waals surface area (Å²) in [6, 6.07) is 13.7. The summed E-state index contributed by atoms with van der Waals surface area (Å²) in [4.78, 5) is 41.4. The highest BCUT2D eigenvalue weighted by molar-refractivity contribution is 6.53. The Morgan fingerprint density at radius 1 is 1.03 bits per heavy atom. The van der Waals surface area contributed by atoms with Gasteiger partial charge in [-0.3, -0.25) is 14.4 Å². The smallest absolute Gasteiger partial charge is 0.283 e. The summed E-state index contributed by atoms with van der Waals surface area (Å²) in [6.07, 6.45) is 4.15. The molecule has 2 aliphatic rings. The summed E-state index contributed by atoms with van der Waals surface area (Å²) in [6.45, 7) is 2.88. The third kappa shape index (κ3) is 4.12. The van der Waals surface area contributed by atoms with Gasteiger partial charge < -0.3 is 10.2 Å². The normalized spacial score (nSPS) is 19.0. The first-order valence-corrected chi connectivity index (χ1v) is 11.4. The van der Waals surface area contributed by atoms with Crippen LogP contribution in [0.4, 0.5) is 11.4 Å². The molecule has 2 aromatic carbocycles. The number of likely N-dealkylation sites (tertiary alicyclic amines) is 1. The van der Waals surface area contributed by atoms with E-state index in [1.165, 1.54) is 0 Å². The molecule has 1 saturated heterocycles. The van der Waals surface area contributed by atoms with Gasteiger partial charge in [0.1, 0.15) is 10.7 Å². The van der Waals surface area contributed by atoms with Crippen molar-refractivity contribution in [1.82, 2.24) is 4.90 Å². The number of carbonyl (C=O) groups is 3. The number of carbonyl (C=O) groups excluding carboxylic acids is 3. The lowest BCUT2D eigenvalue weighted by Gasteiger charge is -2.35. The lowest BCUT2D eigenvalue weighted by Crippen LogP contribution is -2.43. The maximum Gasteiger partial charge on any atom is 0.283 e. The van der Waals surface area contributed by atoms with Crippen LogP contribution in [-0.2, 0) is 9.59 Å². The first-order valence-electron chi connectivity index (χ1n) is 10.6. The first-order chi connectivity index (χ1) is 15.4. The Labute approximate surface area is 196 Å². The molecule has 6 nitrogen and oxygen atoms in total. The van der Waals surface area contributed by atoms with Gasteiger partial charge in [-0.25, -0.2) is 4.90 Å². The number of hydrogen-bond donors (Lipinski definition) is 1. The van der Waals surface area contributed by atoms with E-state index in [0.29, 0.717) is 11.3 Å². The van der Waals surface area contributed by atoms with Crippen molar-refractivity contribution < 1.29 is 14.4 Å². The molecule has 1 unspecified atom stereocenters. The van der Waals surface area contributed by atoms with Crippen molar-refractivity contribution in [3.63, 3.8) is 0 Å². The zero-order chi connectivity index (χ0) is 22.8. The average molecular weight is 472 g/mol. The summed E-state index contributed by atoms with van der Waals surface area (Å²) >= 11 is 12.3. The highest BCUT2D eigenvalue weighted by atomic mass is 35.5. The molecule has 0 bridgehead atoms. The van der Waals surface area contributed by atoms with Crippen LogP contribution in [0.2, 0.25) is 5.02 Å². The molecule has 2 aliphatic heterocycles. The number of halogens is 2. The van der Waals surface area contributed by atoms with Gasteiger partial charge in [0.2, 0.25) is 0 Å². The van der Waals surface area contributed by atoms with Crippen LogP contribution in [0.25, 0.3) is 0 Å². The second-order valence-corrected chi connectivity index (χ2v) is 8.63. The molecule has 4 rings (SSSR count). The quantitative estimate of drug-likeness (QED) is 0.609. The third-order valence-electron chi connectivity index (χ3n) is 5.88. The number of piperidine rings is 1. The number of nitrogens with zero attached hydrogens (tertiary/aromatic N) is 2. The predicted octanol–water partition coefficient (Wildman–Crippen LogP) is 5.18. The van der Waals surface area contributed by atoms with Crippen molar-refractivity contribution >= 4 is 52.3 Å². The van der Waals surface area contributed by atoms with E-state index in [0.717, 1.165) is 37.1 Å². The molecule has 2 aromatic rings. The molecule has 1 N–H and O–H groups in total. The lowest BCUT2D eigenvalue weighted by atomic mass is 9.99. The molecule has 0 saturated carbocycles. The van der Waals surface area contributed by atoms with Gasteiger partial charge in [0.05, 0.1) is 10.7 Å². The Balaban J connectivity index is 1.51. The highest BCUT2D eigenvalue weighted by Gasteiger charge is 2.39. The second kappa shape index (κ2) is 9.35. The molecular weight excluding hydrogens is 449 g/mol. The molecule has 0 spiro atoms. The van der Waals surface area contributed by atoms with E-state index >= 15 is 0 Å². The SMILES string of the molecule is CCC1CCCCN1C(=O)c1ccc(NC2=C(Cl)C(=O)N(c3ccccc3Cl)C2=O)cc1. The number of benzene rings is 2. The molecule has 32 heavy (non-hydrogen) atoms. The molecule has 3 amide bonds. The standard InChI is InChI=1S/C24H23Cl2N3O3/c1-2-17-7-5-6-14-28(17)22(30)15-10-12-16(13-11-15)27-21-20(26)23(31)29(24(21)32)19-9-4-3-8-18(19)25/h3-4,8-13,17,27H,2,5-7,14H2,1H3. The summed E-state index contributed by atoms with van der Waals surface area (Å²) in [7, 11) is 0. The van der Waals surface area contributed by atoms with Crippen LogP contribution >= 0.6 is 23.2 Å². The molecule has 0 aliphatic carbocycles. The topological polar surface area (TPSA) is 69.7 Å². The largest absolute Gasteiger partial charge is 0.350 e. The molecule has 2 heterocycles. The zero-order valence-electron chi connectivity index (χ0n) is 17.6. The number of amides is 3. The van der Waals surface area contributed by atoms with E-state index in [1.807, 2.05) is 4.90 Å². The van der Waals surface area contributed by atoms with Gasteiger partial charge in [-0.15, -0.1) is 0 Å². The van der Waals surface area contributed by atoms with E-state index in [9.17, 15) is 14.4 Å². The minimum absolute atomic E-state index is 0.0114. The van der Waals surface area contributed by atoms with Crippen LogP contribution in [0.1, 0.15) is 43.0 Å². The van der Waals surface area contributed by atoms with Gasteiger partial charge in [0, 0.05) is 23.8 Å². The van der Waals surface area contributed by atoms with Crippen LogP contribution in [0, 0.1) is 0 Å². The first kappa shape index (κ1) is 22.4. The Morgan fingerprint density at radius 2 is 1.75 bits per heavy atom. The molecule has 166 valence electrons. The van der Waals surface area contributed by atoms with Gasteiger partial charge in [-0.1, -0.05) is 42.3 Å². The number of anilines is 2. The average Bonchev–Trinajstić information content (AvgIpc) is 3.02. The molecule has 0 aromatic heterocycles. The lowest BCUT2D eigenvalue weighted by molar-refractivity contribution is -0.120. The molecular formula is C24H23Cl2N3O3. The van der Waals surface area contributed by atoms with E-state index < -0.39 is 11.8 Å². The van der Waals surface area contributed by atoms with Crippen LogP contribution < -0.4 is 10.2 Å². The minimum atomic E-state index is -0.644. The number of rotatable bonds is 5. The van der Waals surface area contributed by atoms with Gasteiger partial charge in [0.15, 0.2) is 0 Å². The van der Waals surface area contributed by atoms with Crippen LogP contribution in [-0.4, -0.2) is 35.2 Å². The predicted molar refractivity (Wildman–Crippen MR) is 126 cm³/mol. The fourth-order valence-electron chi connectivity index (χ4n) is 4.16. The van der Waals surface area contributed by atoms with Crippen molar-refractivity contribution in [1.29, 1.82) is 0 Å². The fraction of sp³-hybridized carbons (Fsp3) is 0.292. The van der Waals surface area contributed by atoms with Gasteiger partial charge in [-0.05, 0) is 62.1 Å². The number of nitrogens with one attached hydrogen (secondary N) is 1. The van der Waals surface area contributed by atoms with Crippen LogP contribution in [0.3, 0.4) is 0 Å². The monoisotopic (exact) mass is 471 g/mol. The van der Waals surface area contributed by atoms with Crippen molar-refractivity contribution in [2.45, 2.75) is 38.6 Å². The van der Waals surface area contributed by atoms with Crippen molar-refractivity contribution in [3.05, 3.63) is 69.8 Å². The highest BCUT2D eigenvalue weighted by Crippen LogP contribution is 2.34. The Hall–Kier alpha value is -2.83. The summed E-state index contributed by atoms with van der Waals surface area (Å²) < 4.78 is 0. The second-order valence-electron chi connectivity index (χ2n) is 7.84. The molecule has 0 radical (unpaired) electrons. The maximum absolute atomic E-state index is 13.0. The van der Waals surface area contributed by atoms with Crippen LogP contribution in [0.5, 0.6) is 0 Å². The van der Waals surface area contributed by atoms with Crippen LogP contribution in [0.15, 0.2) is 59.3 Å². The van der Waals surface area contributed by atoms with Crippen molar-refractivity contribution in [2.24, 2.45) is 0 Å². The Kier molecular flexibility index (Phi) is 6.53. The Bertz CT molecular complexity index is 1100. The Morgan fingerprint density at radius 3 is 2.44 bits per heavy atom. The minimum Gasteiger partial charge on any atom is -0.350 e. The van der Waals surface area contributed by atoms with E-state index in [4.69, 9.17) is 23.2 Å². The summed E-state index contributed by atoms with van der Waals surface area (Å²) in [5.41, 5.74) is 1.37. The van der Waals surface area contributed by atoms with E-state index in [2.05, 4.69) is 12.2 Å². The number of para-hydroxylation sites is 1. The maximum atomic E-state index is 13.0. The molecule has 1 fully saturated rings. The van der Waals surface area contributed by atoms with Gasteiger partial charge in [-0.2, -0.15) is 0 Å². The van der Waals surface area contributed by atoms with Crippen molar-refractivity contribution in [3.8, 4) is 0 Å². The van der Waals surface area contributed by atoms with E-state index in [-0.39, 0.29) is 33.4 Å². The zero-order valence-corrected chi connectivity index (χ0v) is 19.1. The summed E-state index contributed by atoms with van der Waals surface area (Å²) in [5.74, 6) is -1.22.